The van der Waals surface area contributed by atoms with Crippen LogP contribution in [-0.2, 0) is 30.3 Å². The molecule has 14 nitrogen and oxygen atoms in total. The summed E-state index contributed by atoms with van der Waals surface area (Å²) in [5.41, 5.74) is -0.886. The second-order valence-electron chi connectivity index (χ2n) is 7.89. The molecule has 0 fully saturated rings. The summed E-state index contributed by atoms with van der Waals surface area (Å²) in [6.45, 7) is 0.831. The van der Waals surface area contributed by atoms with Gasteiger partial charge >= 0.3 is 0 Å². The van der Waals surface area contributed by atoms with Crippen LogP contribution in [0.15, 0.2) is 12.1 Å². The Labute approximate surface area is 215 Å². The summed E-state index contributed by atoms with van der Waals surface area (Å²) in [5.74, 6) is 0.411. The van der Waals surface area contributed by atoms with Gasteiger partial charge in [-0.25, -0.2) is 0 Å². The van der Waals surface area contributed by atoms with E-state index in [9.17, 15) is 15.2 Å². The van der Waals surface area contributed by atoms with Gasteiger partial charge in [-0.3, -0.25) is 10.1 Å². The molecular formula is C23H39NO13. The van der Waals surface area contributed by atoms with Crippen LogP contribution in [0.2, 0.25) is 0 Å². The van der Waals surface area contributed by atoms with E-state index in [-0.39, 0.29) is 115 Å². The Kier molecular flexibility index (Phi) is 17.7. The van der Waals surface area contributed by atoms with Gasteiger partial charge in [0.25, 0.3) is 5.69 Å². The lowest BCUT2D eigenvalue weighted by molar-refractivity contribution is -0.385. The predicted molar refractivity (Wildman–Crippen MR) is 129 cm³/mol. The van der Waals surface area contributed by atoms with E-state index in [2.05, 4.69) is 0 Å². The number of aliphatic hydroxyl groups excluding tert-OH is 4. The monoisotopic (exact) mass is 537 g/mol. The molecular weight excluding hydrogens is 498 g/mol. The van der Waals surface area contributed by atoms with Crippen LogP contribution in [0.3, 0.4) is 0 Å². The fourth-order valence-corrected chi connectivity index (χ4v) is 3.19. The molecule has 14 heteroatoms. The van der Waals surface area contributed by atoms with Crippen molar-refractivity contribution < 1.29 is 58.5 Å². The Morgan fingerprint density at radius 2 is 1.22 bits per heavy atom. The number of hydrogen-bond acceptors (Lipinski definition) is 13. The molecule has 1 aromatic rings. The zero-order chi connectivity index (χ0) is 27.4. The number of ether oxygens (including phenoxy) is 7. The Morgan fingerprint density at radius 3 is 1.68 bits per heavy atom. The second-order valence-corrected chi connectivity index (χ2v) is 7.89. The minimum absolute atomic E-state index is 0.0922. The third-order valence-corrected chi connectivity index (χ3v) is 4.93. The molecule has 0 aliphatic heterocycles. The van der Waals surface area contributed by atoms with E-state index in [4.69, 9.17) is 48.5 Å². The molecule has 0 heterocycles. The van der Waals surface area contributed by atoms with Gasteiger partial charge in [0.2, 0.25) is 0 Å². The Morgan fingerprint density at radius 1 is 0.730 bits per heavy atom. The first-order valence-corrected chi connectivity index (χ1v) is 11.8. The molecule has 4 N–H and O–H groups in total. The highest BCUT2D eigenvalue weighted by Crippen LogP contribution is 2.34. The predicted octanol–water partition coefficient (Wildman–Crippen LogP) is -0.479. The number of benzene rings is 1. The maximum absolute atomic E-state index is 11.2. The molecule has 1 rings (SSSR count). The Balaban J connectivity index is 2.52. The van der Waals surface area contributed by atoms with Crippen LogP contribution in [-0.4, -0.2) is 125 Å². The first-order valence-electron chi connectivity index (χ1n) is 11.8. The maximum atomic E-state index is 11.2. The molecule has 0 spiro atoms. The topological polar surface area (TPSA) is 189 Å². The van der Waals surface area contributed by atoms with Gasteiger partial charge in [-0.1, -0.05) is 0 Å². The lowest BCUT2D eigenvalue weighted by Gasteiger charge is -2.32. The van der Waals surface area contributed by atoms with Crippen LogP contribution >= 0.6 is 0 Å². The molecule has 0 atom stereocenters. The van der Waals surface area contributed by atoms with E-state index in [0.29, 0.717) is 0 Å². The van der Waals surface area contributed by atoms with E-state index < -0.39 is 16.9 Å². The van der Waals surface area contributed by atoms with Crippen molar-refractivity contribution in [3.8, 4) is 11.5 Å². The van der Waals surface area contributed by atoms with E-state index in [1.807, 2.05) is 0 Å². The number of nitrogens with zero attached hydrogens (tertiary/aromatic N) is 1. The molecule has 0 aromatic heterocycles. The minimum Gasteiger partial charge on any atom is -0.493 e. The van der Waals surface area contributed by atoms with Crippen LogP contribution in [0.5, 0.6) is 11.5 Å². The van der Waals surface area contributed by atoms with Gasteiger partial charge in [-0.2, -0.15) is 0 Å². The fraction of sp³-hybridized carbons (Fsp3) is 0.739. The minimum atomic E-state index is -0.728. The van der Waals surface area contributed by atoms with Crippen LogP contribution in [0.1, 0.15) is 5.56 Å². The van der Waals surface area contributed by atoms with Crippen LogP contribution in [0.4, 0.5) is 5.69 Å². The Bertz CT molecular complexity index is 723. The molecule has 37 heavy (non-hydrogen) atoms. The number of aliphatic hydroxyl groups is 4. The van der Waals surface area contributed by atoms with Crippen molar-refractivity contribution in [2.45, 2.75) is 6.61 Å². The Hall–Kier alpha value is -2.14. The smallest absolute Gasteiger partial charge is 0.278 e. The maximum Gasteiger partial charge on any atom is 0.278 e. The number of rotatable bonds is 24. The lowest BCUT2D eigenvalue weighted by atomic mass is 9.92. The average Bonchev–Trinajstić information content (AvgIpc) is 2.90. The molecule has 0 bridgehead atoms. The third kappa shape index (κ3) is 12.8. The average molecular weight is 538 g/mol. The lowest BCUT2D eigenvalue weighted by Crippen LogP contribution is -2.42. The summed E-state index contributed by atoms with van der Waals surface area (Å²) < 4.78 is 38.5. The SMILES string of the molecule is COc1cc(CO)c([N+](=O)[O-])cc1OCCOCCOCC(COCCO)(COCCO)COCCO. The highest BCUT2D eigenvalue weighted by Gasteiger charge is 2.32. The number of methoxy groups -OCH3 is 1. The van der Waals surface area contributed by atoms with Crippen molar-refractivity contribution in [3.05, 3.63) is 27.8 Å². The van der Waals surface area contributed by atoms with Gasteiger partial charge in [0, 0.05) is 0 Å². The molecule has 0 saturated heterocycles. The zero-order valence-electron chi connectivity index (χ0n) is 21.2. The molecule has 0 unspecified atom stereocenters. The molecule has 0 aliphatic carbocycles. The van der Waals surface area contributed by atoms with E-state index in [0.717, 1.165) is 0 Å². The molecule has 0 aliphatic rings. The standard InChI is InChI=1S/C23H39NO13/c1-31-21-12-19(14-28)20(24(29)30)13-22(21)37-11-10-32-8-9-36-18-23(15-33-5-2-25,16-34-6-3-26)17-35-7-4-27/h12-13,25-28H,2-11,14-18H2,1H3. The normalized spacial score (nSPS) is 11.6. The highest BCUT2D eigenvalue weighted by atomic mass is 16.6. The van der Waals surface area contributed by atoms with Crippen molar-refractivity contribution in [1.29, 1.82) is 0 Å². The van der Waals surface area contributed by atoms with Crippen LogP contribution in [0.25, 0.3) is 0 Å². The van der Waals surface area contributed by atoms with Crippen LogP contribution < -0.4 is 9.47 Å². The van der Waals surface area contributed by atoms with E-state index in [1.165, 1.54) is 19.2 Å². The van der Waals surface area contributed by atoms with Gasteiger partial charge in [-0.15, -0.1) is 0 Å². The summed E-state index contributed by atoms with van der Waals surface area (Å²) in [7, 11) is 1.39. The van der Waals surface area contributed by atoms with Crippen LogP contribution in [0, 0.1) is 15.5 Å². The van der Waals surface area contributed by atoms with Gasteiger partial charge in [0.05, 0.1) is 122 Å². The van der Waals surface area contributed by atoms with Crippen molar-refractivity contribution in [2.24, 2.45) is 5.41 Å². The van der Waals surface area contributed by atoms with E-state index >= 15 is 0 Å². The van der Waals surface area contributed by atoms with Crippen molar-refractivity contribution >= 4 is 5.69 Å². The largest absolute Gasteiger partial charge is 0.493 e. The summed E-state index contributed by atoms with van der Waals surface area (Å²) in [6.07, 6.45) is 0. The van der Waals surface area contributed by atoms with Crippen molar-refractivity contribution in [3.63, 3.8) is 0 Å². The van der Waals surface area contributed by atoms with Crippen molar-refractivity contribution in [2.75, 3.05) is 99.6 Å². The number of nitro benzene ring substituents is 1. The van der Waals surface area contributed by atoms with Gasteiger partial charge in [0.15, 0.2) is 11.5 Å². The number of nitro groups is 1. The summed E-state index contributed by atoms with van der Waals surface area (Å²) >= 11 is 0. The van der Waals surface area contributed by atoms with Gasteiger partial charge < -0.3 is 53.6 Å². The quantitative estimate of drug-likeness (QED) is 0.0752. The molecule has 0 amide bonds. The summed E-state index contributed by atoms with van der Waals surface area (Å²) in [6, 6.07) is 2.55. The zero-order valence-corrected chi connectivity index (χ0v) is 21.2. The molecule has 0 radical (unpaired) electrons. The first kappa shape index (κ1) is 32.9. The molecule has 1 aromatic carbocycles. The molecule has 0 saturated carbocycles. The number of hydrogen-bond donors (Lipinski definition) is 4. The van der Waals surface area contributed by atoms with Gasteiger partial charge in [-0.05, 0) is 6.07 Å². The second kappa shape index (κ2) is 19.9. The molecule has 214 valence electrons. The third-order valence-electron chi connectivity index (χ3n) is 4.93. The first-order chi connectivity index (χ1) is 18.0. The van der Waals surface area contributed by atoms with Gasteiger partial charge in [0.1, 0.15) is 6.61 Å². The fourth-order valence-electron chi connectivity index (χ4n) is 3.19. The van der Waals surface area contributed by atoms with Crippen molar-refractivity contribution in [1.82, 2.24) is 0 Å². The summed E-state index contributed by atoms with van der Waals surface area (Å²) in [5, 5.41) is 47.6. The summed E-state index contributed by atoms with van der Waals surface area (Å²) in [4.78, 5) is 10.6. The van der Waals surface area contributed by atoms with E-state index in [1.54, 1.807) is 0 Å². The highest BCUT2D eigenvalue weighted by molar-refractivity contribution is 5.54.